The number of nitrogens with zero attached hydrogens (tertiary/aromatic N) is 1. The normalized spacial score (nSPS) is 13.3. The summed E-state index contributed by atoms with van der Waals surface area (Å²) in [7, 11) is 1.54. The second-order valence-electron chi connectivity index (χ2n) is 4.31. The van der Waals surface area contributed by atoms with E-state index in [0.29, 0.717) is 24.3 Å². The maximum Gasteiger partial charge on any atom is 0.173 e. The van der Waals surface area contributed by atoms with E-state index in [4.69, 9.17) is 20.8 Å². The van der Waals surface area contributed by atoms with Gasteiger partial charge in [-0.15, -0.1) is 0 Å². The summed E-state index contributed by atoms with van der Waals surface area (Å²) in [6.07, 6.45) is 0.708. The monoisotopic (exact) mass is 267 g/mol. The number of ether oxygens (including phenoxy) is 1. The van der Waals surface area contributed by atoms with Crippen LogP contribution in [0, 0.1) is 0 Å². The van der Waals surface area contributed by atoms with Crippen molar-refractivity contribution in [1.29, 1.82) is 0 Å². The van der Waals surface area contributed by atoms with Gasteiger partial charge in [-0.2, -0.15) is 0 Å². The van der Waals surface area contributed by atoms with Crippen LogP contribution in [0.2, 0.25) is 0 Å². The zero-order valence-corrected chi connectivity index (χ0v) is 11.3. The van der Waals surface area contributed by atoms with E-state index in [-0.39, 0.29) is 18.5 Å². The molecule has 0 aliphatic heterocycles. The highest BCUT2D eigenvalue weighted by atomic mass is 16.5. The molecule has 0 aliphatic carbocycles. The van der Waals surface area contributed by atoms with E-state index >= 15 is 0 Å². The van der Waals surface area contributed by atoms with Gasteiger partial charge in [0.1, 0.15) is 5.75 Å². The number of aliphatic hydroxyl groups excluding tert-OH is 1. The van der Waals surface area contributed by atoms with E-state index in [0.717, 1.165) is 5.56 Å². The van der Waals surface area contributed by atoms with Gasteiger partial charge in [0.05, 0.1) is 12.7 Å². The van der Waals surface area contributed by atoms with Crippen molar-refractivity contribution < 1.29 is 15.1 Å². The number of hydrogen-bond acceptors (Lipinski definition) is 5. The van der Waals surface area contributed by atoms with Crippen molar-refractivity contribution >= 4 is 5.84 Å². The summed E-state index contributed by atoms with van der Waals surface area (Å²) in [4.78, 5) is 0. The molecule has 0 spiro atoms. The molecule has 0 heterocycles. The van der Waals surface area contributed by atoms with Crippen molar-refractivity contribution in [2.24, 2.45) is 10.9 Å². The Morgan fingerprint density at radius 1 is 1.53 bits per heavy atom. The number of methoxy groups -OCH3 is 1. The van der Waals surface area contributed by atoms with E-state index in [1.165, 1.54) is 7.11 Å². The predicted molar refractivity (Wildman–Crippen MR) is 73.5 cm³/mol. The average molecular weight is 267 g/mol. The van der Waals surface area contributed by atoms with Gasteiger partial charge in [-0.1, -0.05) is 11.2 Å². The molecule has 0 fully saturated rings. The number of nitrogens with two attached hydrogens (primary N) is 1. The molecule has 6 nitrogen and oxygen atoms in total. The molecule has 106 valence electrons. The van der Waals surface area contributed by atoms with Crippen molar-refractivity contribution in [2.75, 3.05) is 13.7 Å². The number of benzene rings is 1. The lowest BCUT2D eigenvalue weighted by atomic mass is 10.1. The standard InChI is InChI=1S/C13H21N3O3/c1-9(5-6-17)15-8-10-3-4-11(13(14)16-18)12(7-10)19-2/h3-4,7,9,15,17-18H,5-6,8H2,1-2H3,(H2,14,16). The maximum atomic E-state index is 8.83. The second kappa shape index (κ2) is 7.60. The molecule has 0 amide bonds. The van der Waals surface area contributed by atoms with Crippen LogP contribution < -0.4 is 15.8 Å². The molecule has 0 bridgehead atoms. The second-order valence-corrected chi connectivity index (χ2v) is 4.31. The molecule has 1 aromatic carbocycles. The van der Waals surface area contributed by atoms with E-state index < -0.39 is 0 Å². The molecule has 0 saturated heterocycles. The summed E-state index contributed by atoms with van der Waals surface area (Å²) in [5, 5.41) is 23.8. The molecule has 6 heteroatoms. The van der Waals surface area contributed by atoms with E-state index in [9.17, 15) is 0 Å². The number of amidine groups is 1. The third kappa shape index (κ3) is 4.42. The van der Waals surface area contributed by atoms with E-state index in [1.54, 1.807) is 6.07 Å². The summed E-state index contributed by atoms with van der Waals surface area (Å²) >= 11 is 0. The lowest BCUT2D eigenvalue weighted by molar-refractivity contribution is 0.268. The fraction of sp³-hybridized carbons (Fsp3) is 0.462. The summed E-state index contributed by atoms with van der Waals surface area (Å²) < 4.78 is 5.22. The average Bonchev–Trinajstić information content (AvgIpc) is 2.44. The number of oxime groups is 1. The Labute approximate surface area is 112 Å². The maximum absolute atomic E-state index is 8.83. The molecule has 0 aromatic heterocycles. The summed E-state index contributed by atoms with van der Waals surface area (Å²) in [5.41, 5.74) is 7.14. The van der Waals surface area contributed by atoms with Gasteiger partial charge in [0.15, 0.2) is 5.84 Å². The third-order valence-electron chi connectivity index (χ3n) is 2.87. The minimum atomic E-state index is 0.0185. The van der Waals surface area contributed by atoms with Crippen LogP contribution in [0.1, 0.15) is 24.5 Å². The number of aliphatic hydroxyl groups is 1. The van der Waals surface area contributed by atoms with Crippen molar-refractivity contribution in [1.82, 2.24) is 5.32 Å². The van der Waals surface area contributed by atoms with Gasteiger partial charge in [-0.05, 0) is 31.0 Å². The SMILES string of the molecule is COc1cc(CNC(C)CCO)ccc1/C(N)=N/O. The minimum Gasteiger partial charge on any atom is -0.496 e. The molecule has 1 aromatic rings. The van der Waals surface area contributed by atoms with Crippen molar-refractivity contribution in [3.63, 3.8) is 0 Å². The Hall–Kier alpha value is -1.79. The van der Waals surface area contributed by atoms with Crippen LogP contribution in [0.4, 0.5) is 0 Å². The van der Waals surface area contributed by atoms with Crippen LogP contribution in [0.25, 0.3) is 0 Å². The number of hydrogen-bond donors (Lipinski definition) is 4. The topological polar surface area (TPSA) is 100 Å². The Morgan fingerprint density at radius 3 is 2.84 bits per heavy atom. The summed E-state index contributed by atoms with van der Waals surface area (Å²) in [5.74, 6) is 0.578. The summed E-state index contributed by atoms with van der Waals surface area (Å²) in [6.45, 7) is 2.84. The van der Waals surface area contributed by atoms with Crippen molar-refractivity contribution in [2.45, 2.75) is 25.9 Å². The first-order valence-electron chi connectivity index (χ1n) is 6.11. The zero-order valence-electron chi connectivity index (χ0n) is 11.3. The predicted octanol–water partition coefficient (Wildman–Crippen LogP) is 0.650. The van der Waals surface area contributed by atoms with Gasteiger partial charge in [0.25, 0.3) is 0 Å². The van der Waals surface area contributed by atoms with Gasteiger partial charge in [0, 0.05) is 19.2 Å². The molecule has 1 unspecified atom stereocenters. The molecule has 0 aliphatic rings. The van der Waals surface area contributed by atoms with Gasteiger partial charge >= 0.3 is 0 Å². The first kappa shape index (κ1) is 15.3. The Balaban J connectivity index is 2.77. The van der Waals surface area contributed by atoms with Gasteiger partial charge in [-0.25, -0.2) is 0 Å². The fourth-order valence-electron chi connectivity index (χ4n) is 1.70. The lowest BCUT2D eigenvalue weighted by Crippen LogP contribution is -2.26. The first-order valence-corrected chi connectivity index (χ1v) is 6.11. The summed E-state index contributed by atoms with van der Waals surface area (Å²) in [6, 6.07) is 5.71. The Kier molecular flexibility index (Phi) is 6.11. The van der Waals surface area contributed by atoms with E-state index in [1.807, 2.05) is 19.1 Å². The zero-order chi connectivity index (χ0) is 14.3. The van der Waals surface area contributed by atoms with Crippen molar-refractivity contribution in [3.05, 3.63) is 29.3 Å². The highest BCUT2D eigenvalue weighted by Gasteiger charge is 2.09. The lowest BCUT2D eigenvalue weighted by Gasteiger charge is -2.14. The fourth-order valence-corrected chi connectivity index (χ4v) is 1.70. The largest absolute Gasteiger partial charge is 0.496 e. The smallest absolute Gasteiger partial charge is 0.173 e. The highest BCUT2D eigenvalue weighted by molar-refractivity contribution is 5.99. The minimum absolute atomic E-state index is 0.0185. The molecule has 0 radical (unpaired) electrons. The molecule has 5 N–H and O–H groups in total. The Bertz CT molecular complexity index is 435. The van der Waals surface area contributed by atoms with Gasteiger partial charge in [-0.3, -0.25) is 0 Å². The van der Waals surface area contributed by atoms with Crippen LogP contribution in [0.5, 0.6) is 5.75 Å². The van der Waals surface area contributed by atoms with Crippen LogP contribution >= 0.6 is 0 Å². The van der Waals surface area contributed by atoms with Crippen LogP contribution in [0.3, 0.4) is 0 Å². The van der Waals surface area contributed by atoms with Crippen LogP contribution in [-0.4, -0.2) is 35.9 Å². The third-order valence-corrected chi connectivity index (χ3v) is 2.87. The molecular weight excluding hydrogens is 246 g/mol. The molecular formula is C13H21N3O3. The van der Waals surface area contributed by atoms with Crippen LogP contribution in [-0.2, 0) is 6.54 Å². The molecule has 19 heavy (non-hydrogen) atoms. The van der Waals surface area contributed by atoms with Gasteiger partial charge < -0.3 is 26.1 Å². The van der Waals surface area contributed by atoms with Crippen molar-refractivity contribution in [3.8, 4) is 5.75 Å². The quantitative estimate of drug-likeness (QED) is 0.251. The number of rotatable bonds is 7. The van der Waals surface area contributed by atoms with Gasteiger partial charge in [0.2, 0.25) is 0 Å². The Morgan fingerprint density at radius 2 is 2.26 bits per heavy atom. The molecule has 0 saturated carbocycles. The first-order chi connectivity index (χ1) is 9.12. The number of nitrogens with one attached hydrogen (secondary N) is 1. The van der Waals surface area contributed by atoms with Crippen LogP contribution in [0.15, 0.2) is 23.4 Å². The molecule has 1 rings (SSSR count). The van der Waals surface area contributed by atoms with E-state index in [2.05, 4.69) is 10.5 Å². The molecule has 1 atom stereocenters. The highest BCUT2D eigenvalue weighted by Crippen LogP contribution is 2.20.